The van der Waals surface area contributed by atoms with Crippen LogP contribution in [0.15, 0.2) is 28.4 Å². The van der Waals surface area contributed by atoms with Gasteiger partial charge in [-0.05, 0) is 6.07 Å². The molecule has 0 atom stereocenters. The van der Waals surface area contributed by atoms with Crippen LogP contribution >= 0.6 is 46.4 Å². The van der Waals surface area contributed by atoms with Gasteiger partial charge in [-0.2, -0.15) is 0 Å². The Labute approximate surface area is 132 Å². The van der Waals surface area contributed by atoms with E-state index in [0.29, 0.717) is 31.9 Å². The summed E-state index contributed by atoms with van der Waals surface area (Å²) in [6.07, 6.45) is 3.22. The molecule has 0 fully saturated rings. The summed E-state index contributed by atoms with van der Waals surface area (Å²) >= 11 is 23.3. The van der Waals surface area contributed by atoms with Gasteiger partial charge >= 0.3 is 0 Å². The molecule has 17 heavy (non-hydrogen) atoms. The van der Waals surface area contributed by atoms with Crippen molar-refractivity contribution in [3.8, 4) is 0 Å². The van der Waals surface area contributed by atoms with Gasteiger partial charge in [0.15, 0.2) is 0 Å². The third-order valence-corrected chi connectivity index (χ3v) is 3.30. The molecule has 0 aromatic carbocycles. The Bertz CT molecular complexity index is 485. The summed E-state index contributed by atoms with van der Waals surface area (Å²) in [6, 6.07) is 1.61. The van der Waals surface area contributed by atoms with Crippen molar-refractivity contribution in [2.45, 2.75) is 0 Å². The van der Waals surface area contributed by atoms with Gasteiger partial charge < -0.3 is 10.6 Å². The molecule has 1 aromatic heterocycles. The summed E-state index contributed by atoms with van der Waals surface area (Å²) in [5, 5.41) is 7.10. The fraction of sp³-hybridized carbons (Fsp3) is 0. The maximum atomic E-state index is 5.97. The number of hydrogen-bond acceptors (Lipinski definition) is 3. The molecule has 2 rings (SSSR count). The quantitative estimate of drug-likeness (QED) is 0.557. The van der Waals surface area contributed by atoms with E-state index in [1.54, 1.807) is 18.3 Å². The van der Waals surface area contributed by atoms with Crippen molar-refractivity contribution in [2.24, 2.45) is 0 Å². The second-order valence-electron chi connectivity index (χ2n) is 2.93. The molecule has 2 heterocycles. The van der Waals surface area contributed by atoms with E-state index >= 15 is 0 Å². The van der Waals surface area contributed by atoms with Crippen LogP contribution in [0.3, 0.4) is 0 Å². The Hall–Kier alpha value is 0.0523. The van der Waals surface area contributed by atoms with E-state index in [1.165, 1.54) is 0 Å². The Balaban J connectivity index is 0.00000144. The van der Waals surface area contributed by atoms with Crippen LogP contribution in [-0.2, 0) is 20.4 Å². The predicted molar refractivity (Wildman–Crippen MR) is 67.2 cm³/mol. The van der Waals surface area contributed by atoms with Crippen molar-refractivity contribution >= 4 is 52.5 Å². The molecule has 8 heteroatoms. The summed E-state index contributed by atoms with van der Waals surface area (Å²) in [5.74, 6) is 0.590. The molecule has 1 aromatic rings. The molecule has 94 valence electrons. The molecule has 0 bridgehead atoms. The van der Waals surface area contributed by atoms with E-state index in [2.05, 4.69) is 15.6 Å². The first kappa shape index (κ1) is 15.1. The molecule has 2 N–H and O–H groups in total. The number of aromatic nitrogens is 1. The molecule has 1 aliphatic heterocycles. The summed E-state index contributed by atoms with van der Waals surface area (Å²) in [6.45, 7) is 0. The fourth-order valence-corrected chi connectivity index (χ4v) is 1.74. The van der Waals surface area contributed by atoms with E-state index in [9.17, 15) is 0 Å². The number of pyridine rings is 1. The average Bonchev–Trinajstić information content (AvgIpc) is 2.54. The van der Waals surface area contributed by atoms with Crippen molar-refractivity contribution in [1.29, 1.82) is 0 Å². The van der Waals surface area contributed by atoms with E-state index in [4.69, 9.17) is 46.4 Å². The van der Waals surface area contributed by atoms with Crippen molar-refractivity contribution in [3.05, 3.63) is 44.1 Å². The van der Waals surface area contributed by atoms with Gasteiger partial charge in [-0.25, -0.2) is 0 Å². The van der Waals surface area contributed by atoms with Crippen molar-refractivity contribution in [3.63, 3.8) is 0 Å². The number of nitrogens with one attached hydrogen (secondary N) is 2. The SMILES string of the molecule is ClC1=C(Cl)NC(=Cc2nccc(Cl)c2Cl)N1.[Pd]. The van der Waals surface area contributed by atoms with Crippen LogP contribution in [0.2, 0.25) is 10.0 Å². The Kier molecular flexibility index (Phi) is 5.59. The Morgan fingerprint density at radius 1 is 1.06 bits per heavy atom. The van der Waals surface area contributed by atoms with Crippen LogP contribution in [0.25, 0.3) is 6.08 Å². The van der Waals surface area contributed by atoms with Gasteiger partial charge in [0.1, 0.15) is 16.1 Å². The molecule has 0 saturated carbocycles. The normalized spacial score (nSPS) is 14.0. The van der Waals surface area contributed by atoms with Crippen molar-refractivity contribution < 1.29 is 20.4 Å². The minimum atomic E-state index is 0. The number of halogens is 4. The predicted octanol–water partition coefficient (Wildman–Crippen LogP) is 3.48. The smallest absolute Gasteiger partial charge is 0.143 e. The Morgan fingerprint density at radius 3 is 2.24 bits per heavy atom. The molecule has 0 saturated heterocycles. The minimum absolute atomic E-state index is 0. The molecular formula is C9H5Cl4N3Pd. The van der Waals surface area contributed by atoms with Gasteiger partial charge in [0.05, 0.1) is 15.7 Å². The van der Waals surface area contributed by atoms with Gasteiger partial charge in [0.2, 0.25) is 0 Å². The van der Waals surface area contributed by atoms with Crippen LogP contribution in [0.1, 0.15) is 5.69 Å². The summed E-state index contributed by atoms with van der Waals surface area (Å²) in [4.78, 5) is 4.08. The largest absolute Gasteiger partial charge is 0.330 e. The molecule has 0 aliphatic carbocycles. The van der Waals surface area contributed by atoms with Crippen LogP contribution in [0.5, 0.6) is 0 Å². The fourth-order valence-electron chi connectivity index (χ4n) is 1.12. The molecule has 0 amide bonds. The standard InChI is InChI=1S/C9H5Cl4N3.Pd/c10-4-1-2-14-5(7(4)11)3-6-15-8(12)9(13)16-6;/h1-3,15-16H;. The number of nitrogens with zero attached hydrogens (tertiary/aromatic N) is 1. The van der Waals surface area contributed by atoms with Gasteiger partial charge in [-0.1, -0.05) is 46.4 Å². The maximum Gasteiger partial charge on any atom is 0.143 e. The molecule has 3 nitrogen and oxygen atoms in total. The van der Waals surface area contributed by atoms with Gasteiger partial charge in [0.25, 0.3) is 0 Å². The summed E-state index contributed by atoms with van der Waals surface area (Å²) in [7, 11) is 0. The monoisotopic (exact) mass is 401 g/mol. The summed E-state index contributed by atoms with van der Waals surface area (Å²) in [5.41, 5.74) is 0.528. The van der Waals surface area contributed by atoms with Crippen molar-refractivity contribution in [1.82, 2.24) is 15.6 Å². The molecule has 0 spiro atoms. The number of hydrogen-bond donors (Lipinski definition) is 2. The van der Waals surface area contributed by atoms with Gasteiger partial charge in [-0.3, -0.25) is 4.98 Å². The molecule has 1 aliphatic rings. The zero-order valence-corrected chi connectivity index (χ0v) is 12.6. The van der Waals surface area contributed by atoms with Crippen LogP contribution < -0.4 is 10.6 Å². The average molecular weight is 403 g/mol. The zero-order valence-electron chi connectivity index (χ0n) is 8.01. The second kappa shape index (κ2) is 6.29. The van der Waals surface area contributed by atoms with Gasteiger partial charge in [-0.15, -0.1) is 0 Å². The van der Waals surface area contributed by atoms with E-state index in [-0.39, 0.29) is 20.4 Å². The molecule has 0 unspecified atom stereocenters. The van der Waals surface area contributed by atoms with Crippen molar-refractivity contribution in [2.75, 3.05) is 0 Å². The molecular weight excluding hydrogens is 398 g/mol. The minimum Gasteiger partial charge on any atom is -0.330 e. The molecule has 0 radical (unpaired) electrons. The maximum absolute atomic E-state index is 5.97. The van der Waals surface area contributed by atoms with Crippen LogP contribution in [0.4, 0.5) is 0 Å². The van der Waals surface area contributed by atoms with E-state index < -0.39 is 0 Å². The second-order valence-corrected chi connectivity index (χ2v) is 4.47. The zero-order chi connectivity index (χ0) is 11.7. The van der Waals surface area contributed by atoms with Gasteiger partial charge in [0, 0.05) is 32.7 Å². The first-order valence-electron chi connectivity index (χ1n) is 4.19. The van der Waals surface area contributed by atoms with Crippen LogP contribution in [0, 0.1) is 0 Å². The van der Waals surface area contributed by atoms with E-state index in [0.717, 1.165) is 0 Å². The van der Waals surface area contributed by atoms with Crippen LogP contribution in [-0.4, -0.2) is 4.98 Å². The summed E-state index contributed by atoms with van der Waals surface area (Å²) < 4.78 is 0. The van der Waals surface area contributed by atoms with E-state index in [1.807, 2.05) is 0 Å². The first-order chi connectivity index (χ1) is 7.58. The topological polar surface area (TPSA) is 37.0 Å². The Morgan fingerprint density at radius 2 is 1.65 bits per heavy atom. The third-order valence-electron chi connectivity index (χ3n) is 1.83. The third kappa shape index (κ3) is 3.51. The first-order valence-corrected chi connectivity index (χ1v) is 5.70. The number of rotatable bonds is 1.